The summed E-state index contributed by atoms with van der Waals surface area (Å²) in [5, 5.41) is 7.61. The van der Waals surface area contributed by atoms with Crippen molar-refractivity contribution in [2.24, 2.45) is 0 Å². The molecular formula is C14H16N4O. The van der Waals surface area contributed by atoms with Crippen LogP contribution in [0.3, 0.4) is 0 Å². The van der Waals surface area contributed by atoms with Crippen LogP contribution in [0, 0.1) is 13.8 Å². The van der Waals surface area contributed by atoms with Gasteiger partial charge in [0.2, 0.25) is 0 Å². The third kappa shape index (κ3) is 2.07. The van der Waals surface area contributed by atoms with E-state index in [-0.39, 0.29) is 6.04 Å². The van der Waals surface area contributed by atoms with Crippen molar-refractivity contribution in [3.8, 4) is 0 Å². The molecule has 19 heavy (non-hydrogen) atoms. The Balaban J connectivity index is 1.92. The molecule has 0 aromatic carbocycles. The molecule has 1 atom stereocenters. The van der Waals surface area contributed by atoms with E-state index in [4.69, 9.17) is 4.42 Å². The summed E-state index contributed by atoms with van der Waals surface area (Å²) in [6.45, 7) is 6.03. The van der Waals surface area contributed by atoms with Gasteiger partial charge in [0, 0.05) is 18.0 Å². The summed E-state index contributed by atoms with van der Waals surface area (Å²) in [6.07, 6.45) is 5.33. The zero-order chi connectivity index (χ0) is 13.4. The molecule has 0 amide bonds. The van der Waals surface area contributed by atoms with E-state index >= 15 is 0 Å². The second-order valence-electron chi connectivity index (χ2n) is 4.67. The van der Waals surface area contributed by atoms with Crippen LogP contribution in [0.2, 0.25) is 0 Å². The Hall–Kier alpha value is -2.30. The van der Waals surface area contributed by atoms with Gasteiger partial charge >= 0.3 is 0 Å². The maximum Gasteiger partial charge on any atom is 0.152 e. The molecule has 0 saturated heterocycles. The minimum absolute atomic E-state index is 0.131. The molecule has 0 bridgehead atoms. The Kier molecular flexibility index (Phi) is 2.74. The van der Waals surface area contributed by atoms with Gasteiger partial charge in [-0.05, 0) is 32.9 Å². The fraction of sp³-hybridized carbons (Fsp3) is 0.286. The molecule has 5 heteroatoms. The summed E-state index contributed by atoms with van der Waals surface area (Å²) in [5.41, 5.74) is 2.12. The lowest BCUT2D eigenvalue weighted by Crippen LogP contribution is -2.09. The summed E-state index contributed by atoms with van der Waals surface area (Å²) < 4.78 is 7.37. The van der Waals surface area contributed by atoms with E-state index in [0.717, 1.165) is 28.4 Å². The lowest BCUT2D eigenvalue weighted by Gasteiger charge is -2.14. The van der Waals surface area contributed by atoms with Crippen molar-refractivity contribution in [1.82, 2.24) is 14.6 Å². The normalized spacial score (nSPS) is 12.8. The molecule has 3 rings (SSSR count). The van der Waals surface area contributed by atoms with Crippen LogP contribution >= 0.6 is 0 Å². The second-order valence-corrected chi connectivity index (χ2v) is 4.67. The molecule has 98 valence electrons. The van der Waals surface area contributed by atoms with Crippen molar-refractivity contribution in [3.05, 3.63) is 47.8 Å². The van der Waals surface area contributed by atoms with Gasteiger partial charge in [-0.1, -0.05) is 0 Å². The van der Waals surface area contributed by atoms with E-state index in [9.17, 15) is 0 Å². The Morgan fingerprint density at radius 1 is 1.32 bits per heavy atom. The number of nitrogens with one attached hydrogen (secondary N) is 1. The highest BCUT2D eigenvalue weighted by molar-refractivity contribution is 5.67. The number of fused-ring (bicyclic) bond motifs is 1. The summed E-state index contributed by atoms with van der Waals surface area (Å²) >= 11 is 0. The predicted octanol–water partition coefficient (Wildman–Crippen LogP) is 3.11. The summed E-state index contributed by atoms with van der Waals surface area (Å²) in [6, 6.07) is 4.13. The summed E-state index contributed by atoms with van der Waals surface area (Å²) in [7, 11) is 0. The van der Waals surface area contributed by atoms with Gasteiger partial charge < -0.3 is 9.73 Å². The van der Waals surface area contributed by atoms with Gasteiger partial charge in [0.1, 0.15) is 17.0 Å². The standard InChI is InChI=1S/C14H16N4O/c1-9-8-12(11(3)19-9)10(2)17-14-13-4-5-16-18(13)7-6-15-14/h4-8,10H,1-3H3,(H,15,17). The number of furan rings is 1. The van der Waals surface area contributed by atoms with Crippen LogP contribution in [0.15, 0.2) is 35.1 Å². The Morgan fingerprint density at radius 2 is 2.16 bits per heavy atom. The predicted molar refractivity (Wildman–Crippen MR) is 73.2 cm³/mol. The van der Waals surface area contributed by atoms with Crippen molar-refractivity contribution in [2.45, 2.75) is 26.8 Å². The smallest absolute Gasteiger partial charge is 0.152 e. The molecule has 0 aliphatic carbocycles. The largest absolute Gasteiger partial charge is 0.466 e. The molecule has 0 aliphatic rings. The van der Waals surface area contributed by atoms with Crippen molar-refractivity contribution in [3.63, 3.8) is 0 Å². The van der Waals surface area contributed by atoms with Crippen molar-refractivity contribution in [2.75, 3.05) is 5.32 Å². The topological polar surface area (TPSA) is 55.4 Å². The van der Waals surface area contributed by atoms with E-state index in [1.807, 2.05) is 26.1 Å². The molecule has 1 unspecified atom stereocenters. The lowest BCUT2D eigenvalue weighted by molar-refractivity contribution is 0.500. The number of anilines is 1. The fourth-order valence-electron chi connectivity index (χ4n) is 2.33. The average molecular weight is 256 g/mol. The van der Waals surface area contributed by atoms with Gasteiger partial charge in [0.25, 0.3) is 0 Å². The average Bonchev–Trinajstić information content (AvgIpc) is 2.96. The van der Waals surface area contributed by atoms with Crippen LogP contribution in [0.1, 0.15) is 30.0 Å². The van der Waals surface area contributed by atoms with E-state index in [1.165, 1.54) is 0 Å². The van der Waals surface area contributed by atoms with Crippen LogP contribution in [0.4, 0.5) is 5.82 Å². The molecule has 0 radical (unpaired) electrons. The number of hydrogen-bond acceptors (Lipinski definition) is 4. The Morgan fingerprint density at radius 3 is 2.89 bits per heavy atom. The maximum absolute atomic E-state index is 5.57. The molecule has 3 aromatic heterocycles. The number of hydrogen-bond donors (Lipinski definition) is 1. The third-order valence-corrected chi connectivity index (χ3v) is 3.22. The monoisotopic (exact) mass is 256 g/mol. The van der Waals surface area contributed by atoms with E-state index in [1.54, 1.807) is 16.9 Å². The summed E-state index contributed by atoms with van der Waals surface area (Å²) in [5.74, 6) is 2.69. The second kappa shape index (κ2) is 4.42. The van der Waals surface area contributed by atoms with Gasteiger partial charge in [0.05, 0.1) is 12.2 Å². The molecule has 5 nitrogen and oxygen atoms in total. The van der Waals surface area contributed by atoms with E-state index < -0.39 is 0 Å². The summed E-state index contributed by atoms with van der Waals surface area (Å²) in [4.78, 5) is 4.38. The molecular weight excluding hydrogens is 240 g/mol. The first kappa shape index (κ1) is 11.8. The van der Waals surface area contributed by atoms with Gasteiger partial charge in [-0.15, -0.1) is 0 Å². The van der Waals surface area contributed by atoms with Gasteiger partial charge in [-0.25, -0.2) is 9.50 Å². The number of aromatic nitrogens is 3. The first-order valence-corrected chi connectivity index (χ1v) is 6.27. The minimum atomic E-state index is 0.131. The first-order chi connectivity index (χ1) is 9.15. The number of rotatable bonds is 3. The number of aryl methyl sites for hydroxylation is 2. The van der Waals surface area contributed by atoms with Crippen molar-refractivity contribution < 1.29 is 4.42 Å². The highest BCUT2D eigenvalue weighted by atomic mass is 16.3. The zero-order valence-electron chi connectivity index (χ0n) is 11.2. The van der Waals surface area contributed by atoms with Crippen LogP contribution in [0.5, 0.6) is 0 Å². The molecule has 3 aromatic rings. The van der Waals surface area contributed by atoms with Crippen molar-refractivity contribution >= 4 is 11.3 Å². The van der Waals surface area contributed by atoms with Crippen molar-refractivity contribution in [1.29, 1.82) is 0 Å². The zero-order valence-corrected chi connectivity index (χ0v) is 11.2. The van der Waals surface area contributed by atoms with E-state index in [0.29, 0.717) is 0 Å². The van der Waals surface area contributed by atoms with Crippen LogP contribution < -0.4 is 5.32 Å². The molecule has 3 heterocycles. The van der Waals surface area contributed by atoms with Gasteiger partial charge in [-0.2, -0.15) is 5.10 Å². The Labute approximate surface area is 111 Å². The first-order valence-electron chi connectivity index (χ1n) is 6.27. The quantitative estimate of drug-likeness (QED) is 0.782. The minimum Gasteiger partial charge on any atom is -0.466 e. The lowest BCUT2D eigenvalue weighted by atomic mass is 10.1. The fourth-order valence-corrected chi connectivity index (χ4v) is 2.33. The number of nitrogens with zero attached hydrogens (tertiary/aromatic N) is 3. The molecule has 0 aliphatic heterocycles. The molecule has 0 spiro atoms. The molecule has 1 N–H and O–H groups in total. The van der Waals surface area contributed by atoms with Gasteiger partial charge in [-0.3, -0.25) is 0 Å². The molecule has 0 saturated carbocycles. The Bertz CT molecular complexity index is 713. The SMILES string of the molecule is Cc1cc(C(C)Nc2nccn3nccc23)c(C)o1. The van der Waals surface area contributed by atoms with E-state index in [2.05, 4.69) is 28.4 Å². The van der Waals surface area contributed by atoms with Crippen LogP contribution in [-0.2, 0) is 0 Å². The maximum atomic E-state index is 5.57. The highest BCUT2D eigenvalue weighted by Gasteiger charge is 2.14. The highest BCUT2D eigenvalue weighted by Crippen LogP contribution is 2.25. The van der Waals surface area contributed by atoms with Crippen LogP contribution in [-0.4, -0.2) is 14.6 Å². The van der Waals surface area contributed by atoms with Gasteiger partial charge in [0.15, 0.2) is 5.82 Å². The third-order valence-electron chi connectivity index (χ3n) is 3.22. The molecule has 0 fully saturated rings. The van der Waals surface area contributed by atoms with Crippen LogP contribution in [0.25, 0.3) is 5.52 Å².